The van der Waals surface area contributed by atoms with Crippen LogP contribution >= 0.6 is 0 Å². The van der Waals surface area contributed by atoms with Gasteiger partial charge in [-0.25, -0.2) is 0 Å². The van der Waals surface area contributed by atoms with Crippen LogP contribution in [-0.4, -0.2) is 31.8 Å². The molecule has 15 heavy (non-hydrogen) atoms. The Morgan fingerprint density at radius 3 is 2.27 bits per heavy atom. The third-order valence-corrected chi connectivity index (χ3v) is 2.57. The van der Waals surface area contributed by atoms with E-state index in [-0.39, 0.29) is 42.7 Å². The molecule has 0 atom stereocenters. The van der Waals surface area contributed by atoms with Gasteiger partial charge in [0.05, 0.1) is 12.9 Å². The summed E-state index contributed by atoms with van der Waals surface area (Å²) in [6.07, 6.45) is 2.95. The van der Waals surface area contributed by atoms with E-state index in [0.29, 0.717) is 25.7 Å². The molecule has 0 unspecified atom stereocenters. The molecule has 0 spiro atoms. The molecule has 0 rings (SSSR count). The van der Waals surface area contributed by atoms with Crippen molar-refractivity contribution in [2.45, 2.75) is 32.1 Å². The fourth-order valence-electron chi connectivity index (χ4n) is 1.01. The zero-order valence-corrected chi connectivity index (χ0v) is 12.0. The zero-order chi connectivity index (χ0) is 11.0. The molecule has 0 aromatic rings. The zero-order valence-electron chi connectivity index (χ0n) is 10.2. The van der Waals surface area contributed by atoms with Crippen LogP contribution in [0.1, 0.15) is 33.5 Å². The number of methoxy groups -OCH3 is 1. The minimum atomic E-state index is -3.82. The summed E-state index contributed by atoms with van der Waals surface area (Å²) in [7, 11) is -2.49. The first-order chi connectivity index (χ1) is 6.45. The average molecular weight is 248 g/mol. The van der Waals surface area contributed by atoms with Crippen molar-refractivity contribution in [1.29, 1.82) is 0 Å². The molecule has 86 valence electrons. The van der Waals surface area contributed by atoms with Crippen LogP contribution in [0.25, 0.3) is 0 Å². The second-order valence-corrected chi connectivity index (χ2v) is 4.60. The number of carbonyl (C=O) groups is 1. The molecule has 0 radical (unpaired) electrons. The van der Waals surface area contributed by atoms with Gasteiger partial charge in [0.25, 0.3) is 10.1 Å². The number of unbranched alkanes of at least 4 members (excludes halogenated alkanes) is 3. The maximum Gasteiger partial charge on any atom is 1.00 e. The molecule has 7 heteroatoms. The van der Waals surface area contributed by atoms with Crippen molar-refractivity contribution in [2.75, 3.05) is 12.9 Å². The quantitative estimate of drug-likeness (QED) is 0.247. The smallest absolute Gasteiger partial charge is 1.00 e. The van der Waals surface area contributed by atoms with Crippen molar-refractivity contribution in [2.24, 2.45) is 0 Å². The minimum Gasteiger partial charge on any atom is -1.00 e. The van der Waals surface area contributed by atoms with Gasteiger partial charge in [-0.2, -0.15) is 8.42 Å². The molecule has 0 aromatic heterocycles. The summed E-state index contributed by atoms with van der Waals surface area (Å²) in [6, 6.07) is 0. The molecule has 0 aliphatic carbocycles. The fourth-order valence-corrected chi connectivity index (χ4v) is 1.58. The molecule has 1 N–H and O–H groups in total. The van der Waals surface area contributed by atoms with E-state index in [9.17, 15) is 13.2 Å². The number of esters is 1. The van der Waals surface area contributed by atoms with E-state index in [1.165, 1.54) is 7.11 Å². The van der Waals surface area contributed by atoms with Crippen molar-refractivity contribution in [3.63, 3.8) is 0 Å². The average Bonchev–Trinajstić information content (AvgIpc) is 2.08. The van der Waals surface area contributed by atoms with Crippen molar-refractivity contribution in [3.05, 3.63) is 0 Å². The molecule has 0 saturated heterocycles. The Morgan fingerprint density at radius 2 is 1.80 bits per heavy atom. The monoisotopic (exact) mass is 248 g/mol. The van der Waals surface area contributed by atoms with Crippen LogP contribution in [-0.2, 0) is 19.6 Å². The van der Waals surface area contributed by atoms with E-state index in [0.717, 1.165) is 6.42 Å². The van der Waals surface area contributed by atoms with Gasteiger partial charge in [0.1, 0.15) is 0 Å². The Balaban J connectivity index is -0.000000845. The molecule has 0 aliphatic rings. The number of hydrogen-bond acceptors (Lipinski definition) is 4. The van der Waals surface area contributed by atoms with E-state index in [1.807, 2.05) is 0 Å². The summed E-state index contributed by atoms with van der Waals surface area (Å²) in [5.41, 5.74) is 0. The third-order valence-electron chi connectivity index (χ3n) is 1.76. The largest absolute Gasteiger partial charge is 1.00 e. The Hall–Kier alpha value is 0.380. The second kappa shape index (κ2) is 9.59. The van der Waals surface area contributed by atoms with E-state index >= 15 is 0 Å². The third kappa shape index (κ3) is 14.4. The molecule has 0 bridgehead atoms. The van der Waals surface area contributed by atoms with Crippen LogP contribution in [0.3, 0.4) is 0 Å². The van der Waals surface area contributed by atoms with E-state index in [4.69, 9.17) is 4.55 Å². The van der Waals surface area contributed by atoms with Gasteiger partial charge in [-0.15, -0.1) is 0 Å². The Labute approximate surface area is 114 Å². The van der Waals surface area contributed by atoms with E-state index in [2.05, 4.69) is 4.74 Å². The van der Waals surface area contributed by atoms with E-state index in [1.54, 1.807) is 0 Å². The van der Waals surface area contributed by atoms with Gasteiger partial charge in [-0.1, -0.05) is 12.8 Å². The minimum absolute atomic E-state index is 0. The first kappa shape index (κ1) is 17.8. The van der Waals surface area contributed by atoms with Crippen LogP contribution in [0.2, 0.25) is 0 Å². The summed E-state index contributed by atoms with van der Waals surface area (Å²) in [6.45, 7) is 0. The maximum atomic E-state index is 10.6. The molecule has 0 saturated carbocycles. The summed E-state index contributed by atoms with van der Waals surface area (Å²) in [4.78, 5) is 10.6. The molecule has 0 fully saturated rings. The fraction of sp³-hybridized carbons (Fsp3) is 0.875. The summed E-state index contributed by atoms with van der Waals surface area (Å²) in [5, 5.41) is 0. The Kier molecular flexibility index (Phi) is 11.4. The molecule has 5 nitrogen and oxygen atoms in total. The van der Waals surface area contributed by atoms with Crippen molar-refractivity contribution in [1.82, 2.24) is 0 Å². The Bertz CT molecular complexity index is 268. The molecule has 0 aliphatic heterocycles. The van der Waals surface area contributed by atoms with Crippen LogP contribution in [0, 0.1) is 0 Å². The first-order valence-corrected chi connectivity index (χ1v) is 6.08. The number of ether oxygens (including phenoxy) is 1. The van der Waals surface area contributed by atoms with Crippen molar-refractivity contribution >= 4 is 16.1 Å². The van der Waals surface area contributed by atoms with Crippen molar-refractivity contribution in [3.8, 4) is 0 Å². The van der Waals surface area contributed by atoms with Gasteiger partial charge in [0.15, 0.2) is 0 Å². The van der Waals surface area contributed by atoms with Gasteiger partial charge >= 0.3 is 35.5 Å². The number of rotatable bonds is 7. The summed E-state index contributed by atoms with van der Waals surface area (Å²) < 4.78 is 33.4. The van der Waals surface area contributed by atoms with Gasteiger partial charge in [-0.3, -0.25) is 9.35 Å². The van der Waals surface area contributed by atoms with Gasteiger partial charge in [0.2, 0.25) is 0 Å². The molecule has 0 amide bonds. The second-order valence-electron chi connectivity index (χ2n) is 3.03. The van der Waals surface area contributed by atoms with Gasteiger partial charge in [-0.05, 0) is 12.8 Å². The molecular weight excluding hydrogens is 231 g/mol. The Morgan fingerprint density at radius 1 is 1.27 bits per heavy atom. The summed E-state index contributed by atoms with van der Waals surface area (Å²) >= 11 is 0. The van der Waals surface area contributed by atoms with Crippen LogP contribution in [0.4, 0.5) is 0 Å². The van der Waals surface area contributed by atoms with E-state index < -0.39 is 10.1 Å². The first-order valence-electron chi connectivity index (χ1n) is 4.47. The number of hydrogen-bond donors (Lipinski definition) is 1. The standard InChI is InChI=1S/C8H16O5S.Na.H/c1-13-8(9)6-4-2-3-5-7-14(10,11)12;;/h2-7H2,1H3,(H,10,11,12);;/q;+1;-1. The predicted octanol–water partition coefficient (Wildman–Crippen LogP) is -1.89. The SMILES string of the molecule is COC(=O)CCCCCCS(=O)(=O)O.[H-].[Na+]. The maximum absolute atomic E-state index is 10.6. The van der Waals surface area contributed by atoms with Crippen LogP contribution in [0.15, 0.2) is 0 Å². The van der Waals surface area contributed by atoms with Crippen molar-refractivity contribution < 1.29 is 53.5 Å². The number of carbonyl (C=O) groups excluding carboxylic acids is 1. The van der Waals surface area contributed by atoms with Crippen LogP contribution in [0.5, 0.6) is 0 Å². The normalized spacial score (nSPS) is 10.5. The molecule has 0 heterocycles. The predicted molar refractivity (Wildman–Crippen MR) is 52.6 cm³/mol. The van der Waals surface area contributed by atoms with Gasteiger partial charge in [0, 0.05) is 6.42 Å². The van der Waals surface area contributed by atoms with Crippen LogP contribution < -0.4 is 29.6 Å². The van der Waals surface area contributed by atoms with Gasteiger partial charge < -0.3 is 6.16 Å². The molecule has 0 aromatic carbocycles. The summed E-state index contributed by atoms with van der Waals surface area (Å²) in [5.74, 6) is -0.453. The topological polar surface area (TPSA) is 80.7 Å². The molecular formula is C8H17NaO5S.